The fourth-order valence-electron chi connectivity index (χ4n) is 2.90. The van der Waals surface area contributed by atoms with Crippen LogP contribution in [0, 0.1) is 0 Å². The first-order valence-corrected chi connectivity index (χ1v) is 11.7. The summed E-state index contributed by atoms with van der Waals surface area (Å²) in [6.45, 7) is 1.39. The smallest absolute Gasteiger partial charge is 0.261 e. The van der Waals surface area contributed by atoms with E-state index in [0.717, 1.165) is 17.7 Å². The van der Waals surface area contributed by atoms with Crippen LogP contribution in [0.3, 0.4) is 0 Å². The highest BCUT2D eigenvalue weighted by Crippen LogP contribution is 2.32. The number of anilines is 1. The quantitative estimate of drug-likeness (QED) is 0.675. The van der Waals surface area contributed by atoms with Crippen LogP contribution < -0.4 is 4.72 Å². The average molecular weight is 445 g/mol. The van der Waals surface area contributed by atoms with E-state index in [1.807, 2.05) is 6.26 Å². The molecule has 2 aromatic carbocycles. The minimum absolute atomic E-state index is 0.00103. The lowest BCUT2D eigenvalue weighted by atomic mass is 10.2. The van der Waals surface area contributed by atoms with Crippen molar-refractivity contribution in [3.63, 3.8) is 0 Å². The number of hydrogen-bond acceptors (Lipinski definition) is 4. The molecule has 0 spiro atoms. The normalized spacial score (nSPS) is 14.4. The molecule has 1 aliphatic heterocycles. The highest BCUT2D eigenvalue weighted by molar-refractivity contribution is 7.98. The number of carbonyl (C=O) groups is 1. The summed E-state index contributed by atoms with van der Waals surface area (Å²) in [5.74, 6) is -0.144. The molecule has 1 aliphatic rings. The minimum Gasteiger partial charge on any atom is -0.339 e. The molecule has 1 fully saturated rings. The number of hydrogen-bond donors (Lipinski definition) is 1. The van der Waals surface area contributed by atoms with Crippen molar-refractivity contribution in [1.29, 1.82) is 0 Å². The molecule has 2 aromatic rings. The van der Waals surface area contributed by atoms with Crippen LogP contribution in [0.15, 0.2) is 46.2 Å². The number of nitrogens with one attached hydrogen (secondary N) is 1. The molecule has 9 heteroatoms. The molecule has 144 valence electrons. The molecular weight excluding hydrogens is 427 g/mol. The third kappa shape index (κ3) is 4.37. The second kappa shape index (κ2) is 8.31. The number of halogens is 2. The van der Waals surface area contributed by atoms with Crippen molar-refractivity contribution in [2.45, 2.75) is 22.6 Å². The second-order valence-electron chi connectivity index (χ2n) is 6.07. The van der Waals surface area contributed by atoms with Crippen molar-refractivity contribution < 1.29 is 13.2 Å². The van der Waals surface area contributed by atoms with Crippen molar-refractivity contribution >= 4 is 56.6 Å². The lowest BCUT2D eigenvalue weighted by molar-refractivity contribution is 0.0789. The van der Waals surface area contributed by atoms with Crippen LogP contribution in [0.5, 0.6) is 0 Å². The average Bonchev–Trinajstić information content (AvgIpc) is 3.19. The van der Waals surface area contributed by atoms with Gasteiger partial charge >= 0.3 is 0 Å². The van der Waals surface area contributed by atoms with Crippen LogP contribution in [-0.4, -0.2) is 38.6 Å². The summed E-state index contributed by atoms with van der Waals surface area (Å²) in [6, 6.07) is 9.26. The Labute approximate surface area is 173 Å². The van der Waals surface area contributed by atoms with Gasteiger partial charge in [0.1, 0.15) is 0 Å². The number of carbonyl (C=O) groups excluding carboxylic acids is 1. The topological polar surface area (TPSA) is 66.5 Å². The summed E-state index contributed by atoms with van der Waals surface area (Å²) in [7, 11) is -3.93. The Morgan fingerprint density at radius 1 is 1.15 bits per heavy atom. The van der Waals surface area contributed by atoms with Crippen LogP contribution in [0.2, 0.25) is 10.0 Å². The Bertz CT molecular complexity index is 975. The van der Waals surface area contributed by atoms with Gasteiger partial charge in [-0.3, -0.25) is 9.52 Å². The van der Waals surface area contributed by atoms with E-state index in [4.69, 9.17) is 23.2 Å². The number of sulfonamides is 1. The first-order valence-electron chi connectivity index (χ1n) is 8.27. The van der Waals surface area contributed by atoms with Gasteiger partial charge in [-0.05, 0) is 49.4 Å². The summed E-state index contributed by atoms with van der Waals surface area (Å²) >= 11 is 13.4. The van der Waals surface area contributed by atoms with E-state index in [1.165, 1.54) is 30.0 Å². The number of rotatable bonds is 5. The van der Waals surface area contributed by atoms with Gasteiger partial charge in [-0.15, -0.1) is 11.8 Å². The van der Waals surface area contributed by atoms with E-state index in [0.29, 0.717) is 18.7 Å². The van der Waals surface area contributed by atoms with E-state index in [2.05, 4.69) is 4.72 Å². The van der Waals surface area contributed by atoms with E-state index >= 15 is 0 Å². The zero-order chi connectivity index (χ0) is 19.6. The van der Waals surface area contributed by atoms with Gasteiger partial charge in [0.2, 0.25) is 0 Å². The molecule has 0 bridgehead atoms. The van der Waals surface area contributed by atoms with Crippen molar-refractivity contribution in [2.24, 2.45) is 0 Å². The summed E-state index contributed by atoms with van der Waals surface area (Å²) < 4.78 is 28.1. The fraction of sp³-hybridized carbons (Fsp3) is 0.278. The number of amides is 1. The van der Waals surface area contributed by atoms with Crippen molar-refractivity contribution in [3.05, 3.63) is 52.0 Å². The van der Waals surface area contributed by atoms with Crippen LogP contribution in [0.25, 0.3) is 0 Å². The molecule has 1 heterocycles. The molecule has 0 radical (unpaired) electrons. The first kappa shape index (κ1) is 20.3. The Balaban J connectivity index is 1.97. The molecule has 0 aliphatic carbocycles. The number of likely N-dealkylation sites (tertiary alicyclic amines) is 1. The SMILES string of the molecule is CSc1ccc(S(=O)(=O)Nc2cccc(Cl)c2Cl)cc1C(=O)N1CCCC1. The minimum atomic E-state index is -3.93. The van der Waals surface area contributed by atoms with E-state index in [-0.39, 0.29) is 26.5 Å². The van der Waals surface area contributed by atoms with Crippen LogP contribution in [0.4, 0.5) is 5.69 Å². The standard InChI is InChI=1S/C18H18Cl2N2O3S2/c1-26-16-8-7-12(11-13(16)18(23)22-9-2-3-10-22)27(24,25)21-15-6-4-5-14(19)17(15)20/h4-8,11,21H,2-3,9-10H2,1H3. The maximum absolute atomic E-state index is 12.8. The largest absolute Gasteiger partial charge is 0.339 e. The number of nitrogens with zero attached hydrogens (tertiary/aromatic N) is 1. The molecule has 0 aromatic heterocycles. The monoisotopic (exact) mass is 444 g/mol. The van der Waals surface area contributed by atoms with Gasteiger partial charge in [0, 0.05) is 18.0 Å². The fourth-order valence-corrected chi connectivity index (χ4v) is 4.97. The third-order valence-electron chi connectivity index (χ3n) is 4.30. The van der Waals surface area contributed by atoms with E-state index in [9.17, 15) is 13.2 Å². The summed E-state index contributed by atoms with van der Waals surface area (Å²) in [5, 5.41) is 0.372. The molecule has 27 heavy (non-hydrogen) atoms. The molecular formula is C18H18Cl2N2O3S2. The van der Waals surface area contributed by atoms with Gasteiger partial charge < -0.3 is 4.90 Å². The molecule has 0 saturated carbocycles. The predicted octanol–water partition coefficient (Wildman–Crippen LogP) is 4.75. The van der Waals surface area contributed by atoms with E-state index in [1.54, 1.807) is 23.1 Å². The van der Waals surface area contributed by atoms with E-state index < -0.39 is 10.0 Å². The number of benzene rings is 2. The lowest BCUT2D eigenvalue weighted by Crippen LogP contribution is -2.28. The van der Waals surface area contributed by atoms with Crippen LogP contribution in [-0.2, 0) is 10.0 Å². The zero-order valence-electron chi connectivity index (χ0n) is 14.5. The summed E-state index contributed by atoms with van der Waals surface area (Å²) in [4.78, 5) is 15.3. The first-order chi connectivity index (χ1) is 12.8. The predicted molar refractivity (Wildman–Crippen MR) is 111 cm³/mol. The maximum Gasteiger partial charge on any atom is 0.261 e. The van der Waals surface area contributed by atoms with Crippen molar-refractivity contribution in [3.8, 4) is 0 Å². The third-order valence-corrected chi connectivity index (χ3v) is 7.28. The molecule has 1 saturated heterocycles. The van der Waals surface area contributed by atoms with Crippen molar-refractivity contribution in [2.75, 3.05) is 24.1 Å². The zero-order valence-corrected chi connectivity index (χ0v) is 17.7. The molecule has 1 N–H and O–H groups in total. The Morgan fingerprint density at radius 3 is 2.52 bits per heavy atom. The Hall–Kier alpha value is -1.41. The molecule has 3 rings (SSSR count). The number of thioether (sulfide) groups is 1. The Morgan fingerprint density at radius 2 is 1.85 bits per heavy atom. The highest BCUT2D eigenvalue weighted by Gasteiger charge is 2.25. The Kier molecular flexibility index (Phi) is 6.25. The van der Waals surface area contributed by atoms with Gasteiger partial charge in [-0.1, -0.05) is 29.3 Å². The summed E-state index contributed by atoms with van der Waals surface area (Å²) in [5.41, 5.74) is 0.579. The van der Waals surface area contributed by atoms with Gasteiger partial charge in [0.05, 0.1) is 26.2 Å². The molecule has 5 nitrogen and oxygen atoms in total. The second-order valence-corrected chi connectivity index (χ2v) is 9.38. The van der Waals surface area contributed by atoms with Crippen molar-refractivity contribution in [1.82, 2.24) is 4.90 Å². The van der Waals surface area contributed by atoms with Gasteiger partial charge in [-0.25, -0.2) is 8.42 Å². The van der Waals surface area contributed by atoms with Crippen LogP contribution in [0.1, 0.15) is 23.2 Å². The van der Waals surface area contributed by atoms with Crippen LogP contribution >= 0.6 is 35.0 Å². The maximum atomic E-state index is 12.8. The molecule has 0 unspecified atom stereocenters. The lowest BCUT2D eigenvalue weighted by Gasteiger charge is -2.18. The summed E-state index contributed by atoms with van der Waals surface area (Å²) in [6.07, 6.45) is 3.79. The molecule has 0 atom stereocenters. The van der Waals surface area contributed by atoms with Gasteiger partial charge in [-0.2, -0.15) is 0 Å². The highest BCUT2D eigenvalue weighted by atomic mass is 35.5. The molecule has 1 amide bonds. The van der Waals surface area contributed by atoms with Gasteiger partial charge in [0.15, 0.2) is 0 Å². The van der Waals surface area contributed by atoms with Gasteiger partial charge in [0.25, 0.3) is 15.9 Å².